The molecule has 0 aromatic rings. The molecule has 0 aromatic heterocycles. The van der Waals surface area contributed by atoms with E-state index in [9.17, 15) is 0 Å². The van der Waals surface area contributed by atoms with Crippen molar-refractivity contribution in [2.24, 2.45) is 0 Å². The molecule has 1 N–H and O–H groups in total. The molecule has 3 nitrogen and oxygen atoms in total. The van der Waals surface area contributed by atoms with Gasteiger partial charge in [-0.1, -0.05) is 154 Å². The highest BCUT2D eigenvalue weighted by molar-refractivity contribution is 4.80. The fraction of sp³-hybridized carbons (Fsp3) is 0.943. The van der Waals surface area contributed by atoms with Crippen LogP contribution < -0.4 is 0 Å². The summed E-state index contributed by atoms with van der Waals surface area (Å²) in [5.74, 6) is 0. The van der Waals surface area contributed by atoms with Crippen LogP contribution in [0.3, 0.4) is 0 Å². The summed E-state index contributed by atoms with van der Waals surface area (Å²) in [6, 6.07) is 0. The Balaban J connectivity index is 3.87. The maximum absolute atomic E-state index is 8.78. The average molecular weight is 539 g/mol. The van der Waals surface area contributed by atoms with Gasteiger partial charge in [-0.3, -0.25) is 0 Å². The fourth-order valence-corrected chi connectivity index (χ4v) is 5.06. The van der Waals surface area contributed by atoms with Crippen LogP contribution in [0, 0.1) is 0 Å². The molecule has 0 unspecified atom stereocenters. The molecule has 0 fully saturated rings. The number of aliphatic hydroxyl groups is 1. The second-order valence-corrected chi connectivity index (χ2v) is 11.5. The third kappa shape index (κ3) is 31.8. The van der Waals surface area contributed by atoms with Crippen LogP contribution in [0.5, 0.6) is 0 Å². The summed E-state index contributed by atoms with van der Waals surface area (Å²) >= 11 is 0. The van der Waals surface area contributed by atoms with Crippen molar-refractivity contribution in [1.29, 1.82) is 0 Å². The maximum Gasteiger partial charge on any atom is 0.157 e. The Bertz CT molecular complexity index is 415. The van der Waals surface area contributed by atoms with Crippen molar-refractivity contribution in [2.75, 3.05) is 19.8 Å². The Hall–Kier alpha value is -0.380. The maximum atomic E-state index is 8.78. The lowest BCUT2D eigenvalue weighted by molar-refractivity contribution is -0.148. The smallest absolute Gasteiger partial charge is 0.157 e. The van der Waals surface area contributed by atoms with Gasteiger partial charge < -0.3 is 14.6 Å². The molecule has 38 heavy (non-hydrogen) atoms. The number of allylic oxidation sites excluding steroid dienone is 1. The van der Waals surface area contributed by atoms with Crippen LogP contribution in [-0.2, 0) is 9.47 Å². The highest BCUT2D eigenvalue weighted by Gasteiger charge is 2.09. The van der Waals surface area contributed by atoms with Gasteiger partial charge in [0.15, 0.2) is 6.29 Å². The second-order valence-electron chi connectivity index (χ2n) is 11.5. The zero-order valence-corrected chi connectivity index (χ0v) is 26.2. The molecule has 0 saturated heterocycles. The van der Waals surface area contributed by atoms with Crippen molar-refractivity contribution in [3.63, 3.8) is 0 Å². The molecule has 0 aliphatic carbocycles. The van der Waals surface area contributed by atoms with Gasteiger partial charge in [0.1, 0.15) is 0 Å². The third-order valence-electron chi connectivity index (χ3n) is 7.63. The van der Waals surface area contributed by atoms with Crippen molar-refractivity contribution in [2.45, 2.75) is 193 Å². The van der Waals surface area contributed by atoms with E-state index >= 15 is 0 Å². The van der Waals surface area contributed by atoms with E-state index in [-0.39, 0.29) is 12.9 Å². The number of ether oxygens (including phenoxy) is 2. The van der Waals surface area contributed by atoms with Crippen LogP contribution in [0.1, 0.15) is 187 Å². The van der Waals surface area contributed by atoms with Gasteiger partial charge in [0, 0.05) is 19.8 Å². The molecular weight excluding hydrogens is 468 g/mol. The third-order valence-corrected chi connectivity index (χ3v) is 7.63. The van der Waals surface area contributed by atoms with E-state index in [0.29, 0.717) is 0 Å². The van der Waals surface area contributed by atoms with Crippen molar-refractivity contribution in [3.05, 3.63) is 12.2 Å². The number of hydrogen-bond donors (Lipinski definition) is 1. The summed E-state index contributed by atoms with van der Waals surface area (Å²) in [6.45, 7) is 6.58. The van der Waals surface area contributed by atoms with Crippen molar-refractivity contribution >= 4 is 0 Å². The monoisotopic (exact) mass is 539 g/mol. The molecule has 228 valence electrons. The quantitative estimate of drug-likeness (QED) is 0.0513. The van der Waals surface area contributed by atoms with Crippen LogP contribution in [0.4, 0.5) is 0 Å². The Morgan fingerprint density at radius 1 is 0.447 bits per heavy atom. The highest BCUT2D eigenvalue weighted by atomic mass is 16.7. The van der Waals surface area contributed by atoms with Crippen molar-refractivity contribution in [1.82, 2.24) is 0 Å². The summed E-state index contributed by atoms with van der Waals surface area (Å²) in [5, 5.41) is 8.78. The van der Waals surface area contributed by atoms with E-state index in [1.165, 1.54) is 161 Å². The second kappa shape index (κ2) is 34.6. The van der Waals surface area contributed by atoms with E-state index in [2.05, 4.69) is 26.0 Å². The summed E-state index contributed by atoms with van der Waals surface area (Å²) in [6.07, 6.45) is 39.5. The normalized spacial score (nSPS) is 11.9. The molecule has 0 amide bonds. The largest absolute Gasteiger partial charge is 0.396 e. The first-order valence-corrected chi connectivity index (χ1v) is 17.3. The molecule has 0 rings (SSSR count). The minimum Gasteiger partial charge on any atom is -0.396 e. The lowest BCUT2D eigenvalue weighted by atomic mass is 10.1. The Morgan fingerprint density at radius 2 is 0.816 bits per heavy atom. The van der Waals surface area contributed by atoms with Crippen LogP contribution >= 0.6 is 0 Å². The molecule has 0 aliphatic rings. The zero-order chi connectivity index (χ0) is 27.6. The van der Waals surface area contributed by atoms with Gasteiger partial charge in [-0.25, -0.2) is 0 Å². The lowest BCUT2D eigenvalue weighted by Crippen LogP contribution is -2.19. The molecule has 3 heteroatoms. The number of aliphatic hydroxyl groups excluding tert-OH is 1. The SMILES string of the molecule is CCCCCCCCCCOC(CCCCCCCCCC/C=C/CCO)OCCCCCCCCCC. The van der Waals surface area contributed by atoms with Crippen LogP contribution in [0.15, 0.2) is 12.2 Å². The first-order chi connectivity index (χ1) is 18.8. The molecular formula is C35H70O3. The zero-order valence-electron chi connectivity index (χ0n) is 26.2. The van der Waals surface area contributed by atoms with E-state index in [4.69, 9.17) is 14.6 Å². The van der Waals surface area contributed by atoms with Gasteiger partial charge in [-0.05, 0) is 44.9 Å². The molecule has 0 atom stereocenters. The first kappa shape index (κ1) is 37.6. The van der Waals surface area contributed by atoms with Crippen LogP contribution in [0.2, 0.25) is 0 Å². The van der Waals surface area contributed by atoms with Crippen LogP contribution in [0.25, 0.3) is 0 Å². The standard InChI is InChI=1S/C35H70O3/c1-3-5-7-9-11-21-25-29-33-37-35(38-34-30-26-22-12-10-8-6-4-2)31-27-23-19-17-15-13-14-16-18-20-24-28-32-36/h20,24,35-36H,3-19,21-23,25-34H2,1-2H3/b24-20+. The van der Waals surface area contributed by atoms with Gasteiger partial charge in [0.2, 0.25) is 0 Å². The van der Waals surface area contributed by atoms with E-state index in [1.54, 1.807) is 0 Å². The van der Waals surface area contributed by atoms with Gasteiger partial charge in [-0.15, -0.1) is 0 Å². The summed E-state index contributed by atoms with van der Waals surface area (Å²) in [7, 11) is 0. The molecule has 0 bridgehead atoms. The predicted molar refractivity (Wildman–Crippen MR) is 168 cm³/mol. The lowest BCUT2D eigenvalue weighted by Gasteiger charge is -2.19. The topological polar surface area (TPSA) is 38.7 Å². The average Bonchev–Trinajstić information content (AvgIpc) is 2.93. The minimum atomic E-state index is 0.0167. The Labute approximate surface area is 239 Å². The molecule has 0 radical (unpaired) electrons. The fourth-order valence-electron chi connectivity index (χ4n) is 5.06. The molecule has 0 spiro atoms. The number of unbranched alkanes of at least 4 members (excludes halogenated alkanes) is 22. The summed E-state index contributed by atoms with van der Waals surface area (Å²) in [4.78, 5) is 0. The highest BCUT2D eigenvalue weighted by Crippen LogP contribution is 2.16. The van der Waals surface area contributed by atoms with Gasteiger partial charge in [-0.2, -0.15) is 0 Å². The number of rotatable bonds is 33. The summed E-state index contributed by atoms with van der Waals surface area (Å²) < 4.78 is 12.4. The predicted octanol–water partition coefficient (Wildman–Crippen LogP) is 11.5. The van der Waals surface area contributed by atoms with Crippen LogP contribution in [-0.4, -0.2) is 31.2 Å². The Morgan fingerprint density at radius 3 is 1.26 bits per heavy atom. The van der Waals surface area contributed by atoms with Crippen molar-refractivity contribution < 1.29 is 14.6 Å². The van der Waals surface area contributed by atoms with Gasteiger partial charge in [0.05, 0.1) is 0 Å². The first-order valence-electron chi connectivity index (χ1n) is 17.3. The van der Waals surface area contributed by atoms with E-state index in [0.717, 1.165) is 26.1 Å². The molecule has 0 aromatic carbocycles. The van der Waals surface area contributed by atoms with Crippen molar-refractivity contribution in [3.8, 4) is 0 Å². The summed E-state index contributed by atoms with van der Waals surface area (Å²) in [5.41, 5.74) is 0. The molecule has 0 aliphatic heterocycles. The molecule has 0 saturated carbocycles. The minimum absolute atomic E-state index is 0.0167. The van der Waals surface area contributed by atoms with E-state index in [1.807, 2.05) is 0 Å². The van der Waals surface area contributed by atoms with E-state index < -0.39 is 0 Å². The molecule has 0 heterocycles. The van der Waals surface area contributed by atoms with Gasteiger partial charge >= 0.3 is 0 Å². The Kier molecular flexibility index (Phi) is 34.3. The number of hydrogen-bond acceptors (Lipinski definition) is 3. The van der Waals surface area contributed by atoms with Gasteiger partial charge in [0.25, 0.3) is 0 Å².